The quantitative estimate of drug-likeness (QED) is 0.846. The zero-order valence-electron chi connectivity index (χ0n) is 10.2. The summed E-state index contributed by atoms with van der Waals surface area (Å²) in [4.78, 5) is 11.6. The Morgan fingerprint density at radius 3 is 2.61 bits per heavy atom. The van der Waals surface area contributed by atoms with Crippen molar-refractivity contribution in [2.75, 3.05) is 7.11 Å². The van der Waals surface area contributed by atoms with Crippen molar-refractivity contribution in [1.82, 2.24) is 0 Å². The van der Waals surface area contributed by atoms with Gasteiger partial charge < -0.3 is 10.5 Å². The summed E-state index contributed by atoms with van der Waals surface area (Å²) in [5.41, 5.74) is 6.53. The Balaban J connectivity index is 0.00000162. The van der Waals surface area contributed by atoms with Gasteiger partial charge in [-0.25, -0.2) is 0 Å². The Morgan fingerprint density at radius 1 is 1.44 bits per heavy atom. The molecule has 1 aliphatic carbocycles. The average Bonchev–Trinajstić information content (AvgIpc) is 2.73. The molecule has 0 aliphatic heterocycles. The Hall–Kier alpha value is -0.580. The summed E-state index contributed by atoms with van der Waals surface area (Å²) >= 11 is 3.41. The van der Waals surface area contributed by atoms with E-state index in [1.807, 2.05) is 12.1 Å². The Labute approximate surface area is 122 Å². The number of benzene rings is 1. The minimum atomic E-state index is -0.799. The van der Waals surface area contributed by atoms with Gasteiger partial charge >= 0.3 is 5.97 Å². The van der Waals surface area contributed by atoms with Gasteiger partial charge in [-0.05, 0) is 42.9 Å². The second kappa shape index (κ2) is 6.04. The predicted octanol–water partition coefficient (Wildman–Crippen LogP) is 3.01. The van der Waals surface area contributed by atoms with Crippen LogP contribution in [0.3, 0.4) is 0 Å². The zero-order valence-corrected chi connectivity index (χ0v) is 12.6. The molecule has 0 spiro atoms. The minimum Gasteiger partial charge on any atom is -0.468 e. The lowest BCUT2D eigenvalue weighted by atomic mass is 9.93. The highest BCUT2D eigenvalue weighted by Gasteiger charge is 2.43. The maximum atomic E-state index is 11.6. The second-order valence-corrected chi connectivity index (χ2v) is 5.55. The normalized spacial score (nSPS) is 26.5. The minimum absolute atomic E-state index is 0. The lowest BCUT2D eigenvalue weighted by Gasteiger charge is -2.20. The fourth-order valence-electron chi connectivity index (χ4n) is 2.48. The number of carbonyl (C=O) groups excluding carboxylic acids is 1. The summed E-state index contributed by atoms with van der Waals surface area (Å²) in [5.74, 6) is 0.0595. The molecule has 2 unspecified atom stereocenters. The maximum absolute atomic E-state index is 11.6. The van der Waals surface area contributed by atoms with Crippen LogP contribution in [0.2, 0.25) is 0 Å². The summed E-state index contributed by atoms with van der Waals surface area (Å²) < 4.78 is 5.83. The van der Waals surface area contributed by atoms with Crippen LogP contribution in [-0.2, 0) is 9.53 Å². The third-order valence-corrected chi connectivity index (χ3v) is 4.01. The first-order valence-electron chi connectivity index (χ1n) is 5.68. The third-order valence-electron chi connectivity index (χ3n) is 3.48. The van der Waals surface area contributed by atoms with Gasteiger partial charge in [0.2, 0.25) is 0 Å². The van der Waals surface area contributed by atoms with Crippen molar-refractivity contribution in [2.45, 2.75) is 30.7 Å². The first-order chi connectivity index (χ1) is 8.05. The van der Waals surface area contributed by atoms with Gasteiger partial charge in [0.1, 0.15) is 5.54 Å². The Bertz CT molecular complexity index is 424. The number of esters is 1. The number of halogens is 2. The number of rotatable bonds is 2. The van der Waals surface area contributed by atoms with Gasteiger partial charge in [0.15, 0.2) is 0 Å². The van der Waals surface area contributed by atoms with Gasteiger partial charge in [-0.15, -0.1) is 12.4 Å². The molecule has 1 fully saturated rings. The molecule has 0 bridgehead atoms. The molecule has 1 aromatic carbocycles. The second-order valence-electron chi connectivity index (χ2n) is 4.64. The molecular formula is C13H17BrClNO2. The lowest BCUT2D eigenvalue weighted by molar-refractivity contribution is -0.146. The molecule has 0 aromatic heterocycles. The van der Waals surface area contributed by atoms with Crippen LogP contribution in [0.25, 0.3) is 0 Å². The van der Waals surface area contributed by atoms with Crippen molar-refractivity contribution in [2.24, 2.45) is 5.73 Å². The van der Waals surface area contributed by atoms with Gasteiger partial charge in [-0.3, -0.25) is 4.79 Å². The van der Waals surface area contributed by atoms with Crippen LogP contribution in [0.4, 0.5) is 0 Å². The molecule has 18 heavy (non-hydrogen) atoms. The van der Waals surface area contributed by atoms with E-state index >= 15 is 0 Å². The van der Waals surface area contributed by atoms with Crippen molar-refractivity contribution < 1.29 is 9.53 Å². The van der Waals surface area contributed by atoms with E-state index < -0.39 is 5.54 Å². The number of methoxy groups -OCH3 is 1. The average molecular weight is 335 g/mol. The van der Waals surface area contributed by atoms with Crippen LogP contribution < -0.4 is 5.73 Å². The molecule has 100 valence electrons. The molecule has 3 nitrogen and oxygen atoms in total. The van der Waals surface area contributed by atoms with Crippen molar-refractivity contribution in [3.05, 3.63) is 34.3 Å². The van der Waals surface area contributed by atoms with E-state index in [0.29, 0.717) is 18.8 Å². The molecule has 1 saturated carbocycles. The molecule has 0 heterocycles. The summed E-state index contributed by atoms with van der Waals surface area (Å²) in [6, 6.07) is 8.20. The summed E-state index contributed by atoms with van der Waals surface area (Å²) in [5, 5.41) is 0. The fraction of sp³-hybridized carbons (Fsp3) is 0.462. The van der Waals surface area contributed by atoms with Crippen LogP contribution in [-0.4, -0.2) is 18.6 Å². The topological polar surface area (TPSA) is 52.3 Å². The van der Waals surface area contributed by atoms with Crippen LogP contribution in [0.1, 0.15) is 30.7 Å². The highest BCUT2D eigenvalue weighted by molar-refractivity contribution is 9.10. The van der Waals surface area contributed by atoms with Gasteiger partial charge in [-0.1, -0.05) is 28.1 Å². The first-order valence-corrected chi connectivity index (χ1v) is 6.47. The van der Waals surface area contributed by atoms with Crippen molar-refractivity contribution >= 4 is 34.3 Å². The molecule has 1 aromatic rings. The number of carbonyl (C=O) groups is 1. The van der Waals surface area contributed by atoms with Gasteiger partial charge in [-0.2, -0.15) is 0 Å². The number of hydrogen-bond donors (Lipinski definition) is 1. The standard InChI is InChI=1S/C13H16BrNO2.ClH/c1-17-12(16)13(15)7-6-10(8-13)9-2-4-11(14)5-3-9;/h2-5,10H,6-8,15H2,1H3;1H. The molecule has 0 saturated heterocycles. The van der Waals surface area contributed by atoms with E-state index in [4.69, 9.17) is 10.5 Å². The zero-order chi connectivity index (χ0) is 12.5. The SMILES string of the molecule is COC(=O)C1(N)CCC(c2ccc(Br)cc2)C1.Cl. The Morgan fingerprint density at radius 2 is 2.06 bits per heavy atom. The van der Waals surface area contributed by atoms with E-state index in [0.717, 1.165) is 10.9 Å². The maximum Gasteiger partial charge on any atom is 0.325 e. The lowest BCUT2D eigenvalue weighted by Crippen LogP contribution is -2.46. The largest absolute Gasteiger partial charge is 0.468 e. The third kappa shape index (κ3) is 3.05. The van der Waals surface area contributed by atoms with Gasteiger partial charge in [0, 0.05) is 4.47 Å². The monoisotopic (exact) mass is 333 g/mol. The highest BCUT2D eigenvalue weighted by atomic mass is 79.9. The molecule has 2 N–H and O–H groups in total. The molecule has 2 atom stereocenters. The predicted molar refractivity (Wildman–Crippen MR) is 76.9 cm³/mol. The molecule has 0 amide bonds. The number of ether oxygens (including phenoxy) is 1. The van der Waals surface area contributed by atoms with Crippen LogP contribution in [0, 0.1) is 0 Å². The molecular weight excluding hydrogens is 318 g/mol. The molecule has 1 aliphatic rings. The number of hydrogen-bond acceptors (Lipinski definition) is 3. The smallest absolute Gasteiger partial charge is 0.325 e. The van der Waals surface area contributed by atoms with Crippen LogP contribution in [0.5, 0.6) is 0 Å². The molecule has 2 rings (SSSR count). The summed E-state index contributed by atoms with van der Waals surface area (Å²) in [7, 11) is 1.39. The molecule has 0 radical (unpaired) electrons. The number of nitrogens with two attached hydrogens (primary N) is 1. The van der Waals surface area contributed by atoms with Crippen LogP contribution in [0.15, 0.2) is 28.7 Å². The van der Waals surface area contributed by atoms with E-state index in [1.54, 1.807) is 0 Å². The van der Waals surface area contributed by atoms with Crippen molar-refractivity contribution in [3.63, 3.8) is 0 Å². The fourth-order valence-corrected chi connectivity index (χ4v) is 2.75. The van der Waals surface area contributed by atoms with E-state index in [9.17, 15) is 4.79 Å². The molecule has 5 heteroatoms. The van der Waals surface area contributed by atoms with Gasteiger partial charge in [0.05, 0.1) is 7.11 Å². The van der Waals surface area contributed by atoms with Crippen molar-refractivity contribution in [3.8, 4) is 0 Å². The van der Waals surface area contributed by atoms with E-state index in [-0.39, 0.29) is 18.4 Å². The van der Waals surface area contributed by atoms with Crippen LogP contribution >= 0.6 is 28.3 Å². The van der Waals surface area contributed by atoms with E-state index in [2.05, 4.69) is 28.1 Å². The summed E-state index contributed by atoms with van der Waals surface area (Å²) in [6.07, 6.45) is 2.30. The summed E-state index contributed by atoms with van der Waals surface area (Å²) in [6.45, 7) is 0. The van der Waals surface area contributed by atoms with Crippen molar-refractivity contribution in [1.29, 1.82) is 0 Å². The van der Waals surface area contributed by atoms with E-state index in [1.165, 1.54) is 12.7 Å². The first kappa shape index (κ1) is 15.5. The van der Waals surface area contributed by atoms with Gasteiger partial charge in [0.25, 0.3) is 0 Å². The Kier molecular flexibility index (Phi) is 5.20. The highest BCUT2D eigenvalue weighted by Crippen LogP contribution is 2.40.